The Kier molecular flexibility index (Phi) is 9.86. The molecule has 0 saturated heterocycles. The Morgan fingerprint density at radius 1 is 1.30 bits per heavy atom. The van der Waals surface area contributed by atoms with Crippen molar-refractivity contribution in [2.24, 2.45) is 0 Å². The summed E-state index contributed by atoms with van der Waals surface area (Å²) in [5.74, 6) is -0.177. The second kappa shape index (κ2) is 10.2. The second-order valence-corrected chi connectivity index (χ2v) is 5.82. The summed E-state index contributed by atoms with van der Waals surface area (Å²) in [6, 6.07) is 0.612. The molecule has 1 N–H and O–H groups in total. The first-order chi connectivity index (χ1) is 9.45. The third-order valence-corrected chi connectivity index (χ3v) is 4.32. The first-order valence-corrected chi connectivity index (χ1v) is 7.96. The standard InChI is InChI=1S/C16H34N2O2/c1-7-9-12-18(14(3)8-2)13-10-11-16(4,17-5)15(19)20-6/h14,17H,7-13H2,1-6H3. The van der Waals surface area contributed by atoms with Crippen molar-refractivity contribution in [3.8, 4) is 0 Å². The summed E-state index contributed by atoms with van der Waals surface area (Å²) in [4.78, 5) is 14.3. The lowest BCUT2D eigenvalue weighted by Gasteiger charge is -2.31. The van der Waals surface area contributed by atoms with Crippen molar-refractivity contribution in [3.05, 3.63) is 0 Å². The van der Waals surface area contributed by atoms with Crippen LogP contribution in [0.15, 0.2) is 0 Å². The minimum absolute atomic E-state index is 0.177. The van der Waals surface area contributed by atoms with E-state index >= 15 is 0 Å². The minimum Gasteiger partial charge on any atom is -0.468 e. The molecular formula is C16H34N2O2. The first-order valence-electron chi connectivity index (χ1n) is 7.96. The molecule has 0 heterocycles. The number of likely N-dealkylation sites (N-methyl/N-ethyl adjacent to an activating group) is 1. The number of carbonyl (C=O) groups is 1. The van der Waals surface area contributed by atoms with Crippen LogP contribution in [-0.4, -0.2) is 49.7 Å². The number of unbranched alkanes of at least 4 members (excludes halogenated alkanes) is 1. The summed E-state index contributed by atoms with van der Waals surface area (Å²) in [7, 11) is 3.27. The van der Waals surface area contributed by atoms with Crippen LogP contribution in [0.2, 0.25) is 0 Å². The van der Waals surface area contributed by atoms with E-state index in [2.05, 4.69) is 31.0 Å². The Morgan fingerprint density at radius 3 is 2.35 bits per heavy atom. The van der Waals surface area contributed by atoms with E-state index < -0.39 is 5.54 Å². The average Bonchev–Trinajstić information content (AvgIpc) is 2.48. The number of hydrogen-bond acceptors (Lipinski definition) is 4. The van der Waals surface area contributed by atoms with Gasteiger partial charge in [0.1, 0.15) is 5.54 Å². The van der Waals surface area contributed by atoms with Crippen LogP contribution in [-0.2, 0) is 9.53 Å². The van der Waals surface area contributed by atoms with Crippen LogP contribution in [0.3, 0.4) is 0 Å². The van der Waals surface area contributed by atoms with Gasteiger partial charge in [0.25, 0.3) is 0 Å². The van der Waals surface area contributed by atoms with Crippen LogP contribution in [0, 0.1) is 0 Å². The Hall–Kier alpha value is -0.610. The predicted molar refractivity (Wildman–Crippen MR) is 84.9 cm³/mol. The van der Waals surface area contributed by atoms with Crippen LogP contribution in [0.1, 0.15) is 59.8 Å². The highest BCUT2D eigenvalue weighted by atomic mass is 16.5. The molecule has 0 rings (SSSR count). The van der Waals surface area contributed by atoms with Crippen molar-refractivity contribution in [3.63, 3.8) is 0 Å². The summed E-state index contributed by atoms with van der Waals surface area (Å²) in [5, 5.41) is 3.10. The highest BCUT2D eigenvalue weighted by Gasteiger charge is 2.32. The number of carbonyl (C=O) groups excluding carboxylic acids is 1. The summed E-state index contributed by atoms with van der Waals surface area (Å²) < 4.78 is 4.88. The number of rotatable bonds is 11. The fraction of sp³-hybridized carbons (Fsp3) is 0.938. The van der Waals surface area contributed by atoms with E-state index in [1.54, 1.807) is 0 Å². The van der Waals surface area contributed by atoms with E-state index in [1.165, 1.54) is 26.4 Å². The third-order valence-electron chi connectivity index (χ3n) is 4.32. The van der Waals surface area contributed by atoms with Gasteiger partial charge in [0.2, 0.25) is 0 Å². The van der Waals surface area contributed by atoms with Crippen molar-refractivity contribution in [1.82, 2.24) is 10.2 Å². The maximum absolute atomic E-state index is 11.8. The van der Waals surface area contributed by atoms with Crippen molar-refractivity contribution in [1.29, 1.82) is 0 Å². The fourth-order valence-electron chi connectivity index (χ4n) is 2.36. The molecule has 0 fully saturated rings. The third kappa shape index (κ3) is 6.23. The van der Waals surface area contributed by atoms with Crippen molar-refractivity contribution < 1.29 is 9.53 Å². The highest BCUT2D eigenvalue weighted by Crippen LogP contribution is 2.16. The molecule has 0 amide bonds. The van der Waals surface area contributed by atoms with Crippen molar-refractivity contribution >= 4 is 5.97 Å². The van der Waals surface area contributed by atoms with Crippen LogP contribution < -0.4 is 5.32 Å². The van der Waals surface area contributed by atoms with Gasteiger partial charge in [0.15, 0.2) is 0 Å². The summed E-state index contributed by atoms with van der Waals surface area (Å²) in [5.41, 5.74) is -0.569. The van der Waals surface area contributed by atoms with E-state index in [-0.39, 0.29) is 5.97 Å². The molecule has 0 aromatic heterocycles. The molecule has 0 aromatic carbocycles. The lowest BCUT2D eigenvalue weighted by atomic mass is 9.95. The molecule has 0 saturated carbocycles. The van der Waals surface area contributed by atoms with Gasteiger partial charge in [-0.1, -0.05) is 20.3 Å². The fourth-order valence-corrected chi connectivity index (χ4v) is 2.36. The number of hydrogen-bond donors (Lipinski definition) is 1. The highest BCUT2D eigenvalue weighted by molar-refractivity contribution is 5.80. The number of esters is 1. The zero-order chi connectivity index (χ0) is 15.6. The zero-order valence-electron chi connectivity index (χ0n) is 14.3. The van der Waals surface area contributed by atoms with E-state index in [1.807, 2.05) is 14.0 Å². The van der Waals surface area contributed by atoms with Crippen molar-refractivity contribution in [2.45, 2.75) is 71.4 Å². The quantitative estimate of drug-likeness (QED) is 0.593. The van der Waals surface area contributed by atoms with E-state index in [4.69, 9.17) is 4.74 Å². The largest absolute Gasteiger partial charge is 0.468 e. The molecule has 0 aliphatic heterocycles. The second-order valence-electron chi connectivity index (χ2n) is 5.82. The smallest absolute Gasteiger partial charge is 0.325 e. The molecule has 120 valence electrons. The summed E-state index contributed by atoms with van der Waals surface area (Å²) >= 11 is 0. The molecule has 0 aliphatic rings. The van der Waals surface area contributed by atoms with Crippen LogP contribution >= 0.6 is 0 Å². The van der Waals surface area contributed by atoms with E-state index in [0.29, 0.717) is 6.04 Å². The molecule has 0 spiro atoms. The maximum atomic E-state index is 11.8. The monoisotopic (exact) mass is 286 g/mol. The van der Waals surface area contributed by atoms with Gasteiger partial charge >= 0.3 is 5.97 Å². The Morgan fingerprint density at radius 2 is 1.90 bits per heavy atom. The number of ether oxygens (including phenoxy) is 1. The number of nitrogens with zero attached hydrogens (tertiary/aromatic N) is 1. The normalized spacial score (nSPS) is 15.9. The first kappa shape index (κ1) is 19.4. The van der Waals surface area contributed by atoms with Crippen molar-refractivity contribution in [2.75, 3.05) is 27.2 Å². The molecule has 2 atom stereocenters. The zero-order valence-corrected chi connectivity index (χ0v) is 14.3. The molecule has 4 heteroatoms. The molecular weight excluding hydrogens is 252 g/mol. The SMILES string of the molecule is CCCCN(CCCC(C)(NC)C(=O)OC)C(C)CC. The minimum atomic E-state index is -0.569. The van der Waals surface area contributed by atoms with Crippen LogP contribution in [0.25, 0.3) is 0 Å². The molecule has 0 aromatic rings. The Balaban J connectivity index is 4.36. The van der Waals surface area contributed by atoms with Gasteiger partial charge < -0.3 is 15.0 Å². The predicted octanol–water partition coefficient (Wildman–Crippen LogP) is 2.82. The van der Waals surface area contributed by atoms with Crippen LogP contribution in [0.4, 0.5) is 0 Å². The van der Waals surface area contributed by atoms with Gasteiger partial charge in [0.05, 0.1) is 7.11 Å². The molecule has 0 aliphatic carbocycles. The van der Waals surface area contributed by atoms with Gasteiger partial charge in [-0.05, 0) is 59.7 Å². The van der Waals surface area contributed by atoms with Gasteiger partial charge in [-0.2, -0.15) is 0 Å². The molecule has 20 heavy (non-hydrogen) atoms. The Bertz CT molecular complexity index is 271. The lowest BCUT2D eigenvalue weighted by Crippen LogP contribution is -2.48. The molecule has 4 nitrogen and oxygen atoms in total. The van der Waals surface area contributed by atoms with Gasteiger partial charge in [0, 0.05) is 6.04 Å². The molecule has 0 radical (unpaired) electrons. The topological polar surface area (TPSA) is 41.6 Å². The summed E-state index contributed by atoms with van der Waals surface area (Å²) in [6.07, 6.45) is 5.44. The lowest BCUT2D eigenvalue weighted by molar-refractivity contribution is -0.148. The van der Waals surface area contributed by atoms with Gasteiger partial charge in [-0.3, -0.25) is 4.79 Å². The average molecular weight is 286 g/mol. The summed E-state index contributed by atoms with van der Waals surface area (Å²) in [6.45, 7) is 10.9. The van der Waals surface area contributed by atoms with E-state index in [0.717, 1.165) is 25.9 Å². The number of nitrogens with one attached hydrogen (secondary N) is 1. The Labute approximate surface area is 125 Å². The van der Waals surface area contributed by atoms with E-state index in [9.17, 15) is 4.79 Å². The van der Waals surface area contributed by atoms with Gasteiger partial charge in [-0.25, -0.2) is 0 Å². The van der Waals surface area contributed by atoms with Crippen LogP contribution in [0.5, 0.6) is 0 Å². The molecule has 2 unspecified atom stereocenters. The van der Waals surface area contributed by atoms with Gasteiger partial charge in [-0.15, -0.1) is 0 Å². The molecule has 0 bridgehead atoms. The number of methoxy groups -OCH3 is 1. The maximum Gasteiger partial charge on any atom is 0.325 e.